The van der Waals surface area contributed by atoms with Gasteiger partial charge in [0.1, 0.15) is 0 Å². The number of rotatable bonds is 3. The van der Waals surface area contributed by atoms with Gasteiger partial charge in [-0.15, -0.1) is 0 Å². The van der Waals surface area contributed by atoms with Crippen molar-refractivity contribution in [2.24, 2.45) is 0 Å². The highest BCUT2D eigenvalue weighted by atomic mass is 35.5. The summed E-state index contributed by atoms with van der Waals surface area (Å²) in [6.07, 6.45) is 4.07. The molecule has 1 aromatic heterocycles. The van der Waals surface area contributed by atoms with E-state index in [2.05, 4.69) is 15.5 Å². The molecule has 1 aliphatic rings. The molecule has 1 aromatic rings. The summed E-state index contributed by atoms with van der Waals surface area (Å²) in [5.41, 5.74) is 1.14. The zero-order valence-corrected chi connectivity index (χ0v) is 9.40. The lowest BCUT2D eigenvalue weighted by Gasteiger charge is -2.25. The molecule has 0 aromatic carbocycles. The SMILES string of the molecule is CCc1[nH]nc(C(=O)NC2CCC2)c1Cl. The van der Waals surface area contributed by atoms with Gasteiger partial charge in [-0.1, -0.05) is 18.5 Å². The third-order valence-electron chi connectivity index (χ3n) is 2.78. The van der Waals surface area contributed by atoms with Gasteiger partial charge in [0.15, 0.2) is 5.69 Å². The van der Waals surface area contributed by atoms with Crippen molar-refractivity contribution in [2.45, 2.75) is 38.6 Å². The van der Waals surface area contributed by atoms with E-state index < -0.39 is 0 Å². The molecule has 0 bridgehead atoms. The number of carbonyl (C=O) groups is 1. The molecule has 2 N–H and O–H groups in total. The second-order valence-electron chi connectivity index (χ2n) is 3.82. The van der Waals surface area contributed by atoms with Crippen LogP contribution in [0.4, 0.5) is 0 Å². The molecule has 1 fully saturated rings. The number of aromatic nitrogens is 2. The fourth-order valence-electron chi connectivity index (χ4n) is 1.56. The van der Waals surface area contributed by atoms with Crippen molar-refractivity contribution in [3.05, 3.63) is 16.4 Å². The van der Waals surface area contributed by atoms with E-state index in [4.69, 9.17) is 11.6 Å². The second kappa shape index (κ2) is 4.23. The number of aryl methyl sites for hydroxylation is 1. The van der Waals surface area contributed by atoms with E-state index in [1.807, 2.05) is 6.92 Å². The summed E-state index contributed by atoms with van der Waals surface area (Å²) in [7, 11) is 0. The maximum atomic E-state index is 11.7. The Hall–Kier alpha value is -1.03. The van der Waals surface area contributed by atoms with Crippen LogP contribution in [-0.4, -0.2) is 22.1 Å². The van der Waals surface area contributed by atoms with E-state index >= 15 is 0 Å². The molecule has 15 heavy (non-hydrogen) atoms. The Balaban J connectivity index is 2.07. The van der Waals surface area contributed by atoms with Gasteiger partial charge in [-0.2, -0.15) is 5.10 Å². The molecule has 5 heteroatoms. The van der Waals surface area contributed by atoms with Gasteiger partial charge in [0.2, 0.25) is 0 Å². The van der Waals surface area contributed by atoms with Gasteiger partial charge < -0.3 is 5.32 Å². The van der Waals surface area contributed by atoms with Crippen molar-refractivity contribution in [3.8, 4) is 0 Å². The normalized spacial score (nSPS) is 16.1. The summed E-state index contributed by atoms with van der Waals surface area (Å²) in [6, 6.07) is 0.315. The average molecular weight is 228 g/mol. The standard InChI is InChI=1S/C10H14ClN3O/c1-2-7-8(11)9(14-13-7)10(15)12-6-4-3-5-6/h6H,2-5H2,1H3,(H,12,15)(H,13,14). The molecule has 2 rings (SSSR count). The van der Waals surface area contributed by atoms with Crippen molar-refractivity contribution in [1.82, 2.24) is 15.5 Å². The van der Waals surface area contributed by atoms with Gasteiger partial charge in [0.05, 0.1) is 10.7 Å². The van der Waals surface area contributed by atoms with Crippen LogP contribution in [0.5, 0.6) is 0 Å². The van der Waals surface area contributed by atoms with Crippen LogP contribution >= 0.6 is 11.6 Å². The number of halogens is 1. The molecule has 0 radical (unpaired) electrons. The fourth-order valence-corrected chi connectivity index (χ4v) is 1.86. The van der Waals surface area contributed by atoms with E-state index in [9.17, 15) is 4.79 Å². The minimum Gasteiger partial charge on any atom is -0.348 e. The lowest BCUT2D eigenvalue weighted by atomic mass is 9.93. The fraction of sp³-hybridized carbons (Fsp3) is 0.600. The Morgan fingerprint density at radius 2 is 2.40 bits per heavy atom. The summed E-state index contributed by atoms with van der Waals surface area (Å²) < 4.78 is 0. The maximum Gasteiger partial charge on any atom is 0.273 e. The molecule has 1 aliphatic carbocycles. The van der Waals surface area contributed by atoms with Gasteiger partial charge in [-0.3, -0.25) is 9.89 Å². The van der Waals surface area contributed by atoms with E-state index in [1.165, 1.54) is 6.42 Å². The summed E-state index contributed by atoms with van der Waals surface area (Å²) in [5.74, 6) is -0.166. The largest absolute Gasteiger partial charge is 0.348 e. The summed E-state index contributed by atoms with van der Waals surface area (Å²) in [6.45, 7) is 1.97. The van der Waals surface area contributed by atoms with Crippen LogP contribution in [0.15, 0.2) is 0 Å². The summed E-state index contributed by atoms with van der Waals surface area (Å²) in [4.78, 5) is 11.7. The Morgan fingerprint density at radius 3 is 2.87 bits per heavy atom. The number of hydrogen-bond acceptors (Lipinski definition) is 2. The predicted molar refractivity (Wildman–Crippen MR) is 58.1 cm³/mol. The Labute approximate surface area is 93.4 Å². The van der Waals surface area contributed by atoms with Crippen molar-refractivity contribution in [3.63, 3.8) is 0 Å². The topological polar surface area (TPSA) is 57.8 Å². The molecule has 0 atom stereocenters. The minimum atomic E-state index is -0.166. The third kappa shape index (κ3) is 2.00. The third-order valence-corrected chi connectivity index (χ3v) is 3.19. The molecular weight excluding hydrogens is 214 g/mol. The van der Waals surface area contributed by atoms with Gasteiger partial charge in [0.25, 0.3) is 5.91 Å². The first-order valence-electron chi connectivity index (χ1n) is 5.26. The van der Waals surface area contributed by atoms with Crippen LogP contribution < -0.4 is 5.32 Å². The lowest BCUT2D eigenvalue weighted by molar-refractivity contribution is 0.0912. The van der Waals surface area contributed by atoms with Crippen LogP contribution in [-0.2, 0) is 6.42 Å². The van der Waals surface area contributed by atoms with Gasteiger partial charge in [-0.05, 0) is 25.7 Å². The Kier molecular flexibility index (Phi) is 2.95. The van der Waals surface area contributed by atoms with Crippen molar-refractivity contribution in [1.29, 1.82) is 0 Å². The number of nitrogens with one attached hydrogen (secondary N) is 2. The first-order valence-corrected chi connectivity index (χ1v) is 5.63. The number of H-pyrrole nitrogens is 1. The maximum absolute atomic E-state index is 11.7. The van der Waals surface area contributed by atoms with Gasteiger partial charge in [-0.25, -0.2) is 0 Å². The lowest BCUT2D eigenvalue weighted by Crippen LogP contribution is -2.39. The Morgan fingerprint density at radius 1 is 1.67 bits per heavy atom. The molecule has 0 saturated heterocycles. The average Bonchev–Trinajstić information content (AvgIpc) is 2.53. The highest BCUT2D eigenvalue weighted by Crippen LogP contribution is 2.21. The summed E-state index contributed by atoms with van der Waals surface area (Å²) in [5, 5.41) is 10.1. The predicted octanol–water partition coefficient (Wildman–Crippen LogP) is 1.91. The highest BCUT2D eigenvalue weighted by molar-refractivity contribution is 6.34. The smallest absolute Gasteiger partial charge is 0.273 e. The number of carbonyl (C=O) groups excluding carboxylic acids is 1. The van der Waals surface area contributed by atoms with E-state index in [0.717, 1.165) is 25.0 Å². The van der Waals surface area contributed by atoms with Crippen molar-refractivity contribution >= 4 is 17.5 Å². The first kappa shape index (κ1) is 10.5. The molecule has 0 unspecified atom stereocenters. The molecule has 0 spiro atoms. The van der Waals surface area contributed by atoms with E-state index in [-0.39, 0.29) is 5.91 Å². The highest BCUT2D eigenvalue weighted by Gasteiger charge is 2.23. The van der Waals surface area contributed by atoms with Crippen LogP contribution in [0.1, 0.15) is 42.4 Å². The van der Waals surface area contributed by atoms with E-state index in [0.29, 0.717) is 16.8 Å². The molecular formula is C10H14ClN3O. The molecule has 1 heterocycles. The quantitative estimate of drug-likeness (QED) is 0.829. The zero-order valence-electron chi connectivity index (χ0n) is 8.64. The van der Waals surface area contributed by atoms with Crippen LogP contribution in [0.3, 0.4) is 0 Å². The van der Waals surface area contributed by atoms with Crippen molar-refractivity contribution in [2.75, 3.05) is 0 Å². The van der Waals surface area contributed by atoms with Crippen LogP contribution in [0.2, 0.25) is 5.02 Å². The van der Waals surface area contributed by atoms with Gasteiger partial charge in [0, 0.05) is 6.04 Å². The molecule has 4 nitrogen and oxygen atoms in total. The van der Waals surface area contributed by atoms with Crippen LogP contribution in [0, 0.1) is 0 Å². The number of hydrogen-bond donors (Lipinski definition) is 2. The number of nitrogens with zero attached hydrogens (tertiary/aromatic N) is 1. The Bertz CT molecular complexity index is 371. The van der Waals surface area contributed by atoms with Crippen LogP contribution in [0.25, 0.3) is 0 Å². The number of amides is 1. The van der Waals surface area contributed by atoms with E-state index in [1.54, 1.807) is 0 Å². The minimum absolute atomic E-state index is 0.166. The van der Waals surface area contributed by atoms with Gasteiger partial charge >= 0.3 is 0 Å². The monoisotopic (exact) mass is 227 g/mol. The molecule has 82 valence electrons. The van der Waals surface area contributed by atoms with Crippen molar-refractivity contribution < 1.29 is 4.79 Å². The summed E-state index contributed by atoms with van der Waals surface area (Å²) >= 11 is 6.01. The first-order chi connectivity index (χ1) is 7.22. The second-order valence-corrected chi connectivity index (χ2v) is 4.20. The molecule has 1 amide bonds. The molecule has 1 saturated carbocycles. The number of aromatic amines is 1. The molecule has 0 aliphatic heterocycles. The zero-order chi connectivity index (χ0) is 10.8.